The summed E-state index contributed by atoms with van der Waals surface area (Å²) in [7, 11) is -0.547. The van der Waals surface area contributed by atoms with E-state index in [2.05, 4.69) is 5.32 Å². The molecule has 0 spiro atoms. The van der Waals surface area contributed by atoms with Gasteiger partial charge in [0.15, 0.2) is 0 Å². The van der Waals surface area contributed by atoms with Gasteiger partial charge in [0, 0.05) is 19.1 Å². The highest BCUT2D eigenvalue weighted by Gasteiger charge is 2.17. The number of carbonyl (C=O) groups excluding carboxylic acids is 1. The number of sulfonamides is 1. The number of benzene rings is 3. The van der Waals surface area contributed by atoms with Crippen LogP contribution in [0.15, 0.2) is 77.7 Å². The first kappa shape index (κ1) is 24.6. The fraction of sp³-hybridized carbons (Fsp3) is 0.208. The molecule has 0 aliphatic rings. The zero-order valence-electron chi connectivity index (χ0n) is 18.3. The molecule has 0 aliphatic carbocycles. The predicted molar refractivity (Wildman–Crippen MR) is 127 cm³/mol. The topological polar surface area (TPSA) is 84.9 Å². The van der Waals surface area contributed by atoms with E-state index in [1.807, 2.05) is 30.3 Å². The maximum absolute atomic E-state index is 12.7. The van der Waals surface area contributed by atoms with Gasteiger partial charge in [-0.05, 0) is 48.0 Å². The SMILES string of the molecule is CN(C)S(=O)(=O)c1ccc(OCCNC(=O)c2cc(Cl)ccc2OCc2ccccc2)cc1. The molecule has 0 bridgehead atoms. The second-order valence-electron chi connectivity index (χ2n) is 7.28. The Hall–Kier alpha value is -3.07. The number of nitrogens with zero attached hydrogens (tertiary/aromatic N) is 1. The molecule has 3 aromatic carbocycles. The Bertz CT molecular complexity index is 1180. The van der Waals surface area contributed by atoms with Gasteiger partial charge >= 0.3 is 0 Å². The van der Waals surface area contributed by atoms with E-state index >= 15 is 0 Å². The molecule has 174 valence electrons. The Balaban J connectivity index is 1.54. The molecule has 1 amide bonds. The van der Waals surface area contributed by atoms with Crippen LogP contribution in [0.3, 0.4) is 0 Å². The Morgan fingerprint density at radius 3 is 2.33 bits per heavy atom. The van der Waals surface area contributed by atoms with Crippen LogP contribution in [-0.4, -0.2) is 45.9 Å². The van der Waals surface area contributed by atoms with Crippen molar-refractivity contribution in [2.75, 3.05) is 27.2 Å². The van der Waals surface area contributed by atoms with Crippen molar-refractivity contribution >= 4 is 27.5 Å². The standard InChI is InChI=1S/C24H25ClN2O5S/c1-27(2)33(29,30)21-11-9-20(10-12-21)31-15-14-26-24(28)22-16-19(25)8-13-23(22)32-17-18-6-4-3-5-7-18/h3-13,16H,14-15,17H2,1-2H3,(H,26,28). The summed E-state index contributed by atoms with van der Waals surface area (Å²) < 4.78 is 36.8. The van der Waals surface area contributed by atoms with Crippen LogP contribution >= 0.6 is 11.6 Å². The third-order valence-corrected chi connectivity index (χ3v) is 6.75. The highest BCUT2D eigenvalue weighted by molar-refractivity contribution is 7.89. The van der Waals surface area contributed by atoms with Crippen molar-refractivity contribution in [1.82, 2.24) is 9.62 Å². The lowest BCUT2D eigenvalue weighted by Crippen LogP contribution is -2.28. The van der Waals surface area contributed by atoms with Crippen LogP contribution < -0.4 is 14.8 Å². The minimum Gasteiger partial charge on any atom is -0.492 e. The molecule has 0 fully saturated rings. The maximum atomic E-state index is 12.7. The molecule has 0 aromatic heterocycles. The van der Waals surface area contributed by atoms with Crippen LogP contribution in [0.25, 0.3) is 0 Å². The molecule has 7 nitrogen and oxygen atoms in total. The largest absolute Gasteiger partial charge is 0.492 e. The van der Waals surface area contributed by atoms with E-state index in [1.165, 1.54) is 26.2 Å². The summed E-state index contributed by atoms with van der Waals surface area (Å²) in [6, 6.07) is 20.6. The lowest BCUT2D eigenvalue weighted by molar-refractivity contribution is 0.0942. The molecule has 0 unspecified atom stereocenters. The van der Waals surface area contributed by atoms with E-state index in [-0.39, 0.29) is 24.0 Å². The molecule has 0 heterocycles. The zero-order chi connectivity index (χ0) is 23.8. The van der Waals surface area contributed by atoms with Crippen LogP contribution in [0.4, 0.5) is 0 Å². The summed E-state index contributed by atoms with van der Waals surface area (Å²) in [6.45, 7) is 0.763. The number of halogens is 1. The number of nitrogens with one attached hydrogen (secondary N) is 1. The summed E-state index contributed by atoms with van der Waals surface area (Å²) in [6.07, 6.45) is 0. The van der Waals surface area contributed by atoms with E-state index in [0.717, 1.165) is 9.87 Å². The quantitative estimate of drug-likeness (QED) is 0.436. The minimum absolute atomic E-state index is 0.178. The average molecular weight is 489 g/mol. The minimum atomic E-state index is -3.49. The molecule has 0 saturated heterocycles. The molecular weight excluding hydrogens is 464 g/mol. The van der Waals surface area contributed by atoms with Gasteiger partial charge in [-0.3, -0.25) is 4.79 Å². The van der Waals surface area contributed by atoms with Crippen LogP contribution in [0.1, 0.15) is 15.9 Å². The van der Waals surface area contributed by atoms with Crippen molar-refractivity contribution in [3.8, 4) is 11.5 Å². The molecule has 3 aromatic rings. The summed E-state index contributed by atoms with van der Waals surface area (Å²) in [5.74, 6) is 0.590. The lowest BCUT2D eigenvalue weighted by atomic mass is 10.2. The fourth-order valence-corrected chi connectivity index (χ4v) is 3.96. The van der Waals surface area contributed by atoms with Crippen LogP contribution in [0.5, 0.6) is 11.5 Å². The van der Waals surface area contributed by atoms with E-state index in [1.54, 1.807) is 30.3 Å². The second-order valence-corrected chi connectivity index (χ2v) is 9.87. The molecule has 3 rings (SSSR count). The lowest BCUT2D eigenvalue weighted by Gasteiger charge is -2.13. The van der Waals surface area contributed by atoms with Gasteiger partial charge < -0.3 is 14.8 Å². The molecular formula is C24H25ClN2O5S. The molecule has 0 atom stereocenters. The Morgan fingerprint density at radius 1 is 0.970 bits per heavy atom. The van der Waals surface area contributed by atoms with Gasteiger partial charge in [-0.1, -0.05) is 41.9 Å². The first-order chi connectivity index (χ1) is 15.8. The third kappa shape index (κ3) is 6.71. The maximum Gasteiger partial charge on any atom is 0.255 e. The molecule has 0 aliphatic heterocycles. The molecule has 0 saturated carbocycles. The van der Waals surface area contributed by atoms with Gasteiger partial charge in [0.1, 0.15) is 24.7 Å². The van der Waals surface area contributed by atoms with E-state index in [0.29, 0.717) is 28.7 Å². The van der Waals surface area contributed by atoms with Gasteiger partial charge in [0.2, 0.25) is 10.0 Å². The Kier molecular flexibility index (Phi) is 8.32. The van der Waals surface area contributed by atoms with Crippen LogP contribution in [-0.2, 0) is 16.6 Å². The van der Waals surface area contributed by atoms with E-state index in [4.69, 9.17) is 21.1 Å². The molecule has 9 heteroatoms. The fourth-order valence-electron chi connectivity index (χ4n) is 2.89. The van der Waals surface area contributed by atoms with E-state index in [9.17, 15) is 13.2 Å². The summed E-state index contributed by atoms with van der Waals surface area (Å²) in [4.78, 5) is 12.9. The molecule has 33 heavy (non-hydrogen) atoms. The molecule has 0 radical (unpaired) electrons. The second kappa shape index (κ2) is 11.2. The van der Waals surface area contributed by atoms with Gasteiger partial charge in [0.05, 0.1) is 17.0 Å². The monoisotopic (exact) mass is 488 g/mol. The van der Waals surface area contributed by atoms with Gasteiger partial charge in [0.25, 0.3) is 5.91 Å². The van der Waals surface area contributed by atoms with Crippen molar-refractivity contribution in [2.24, 2.45) is 0 Å². The first-order valence-electron chi connectivity index (χ1n) is 10.2. The van der Waals surface area contributed by atoms with Gasteiger partial charge in [-0.25, -0.2) is 12.7 Å². The van der Waals surface area contributed by atoms with Crippen molar-refractivity contribution in [3.05, 3.63) is 88.9 Å². The normalized spacial score (nSPS) is 11.3. The number of ether oxygens (including phenoxy) is 2. The predicted octanol–water partition coefficient (Wildman–Crippen LogP) is 3.98. The van der Waals surface area contributed by atoms with Crippen molar-refractivity contribution in [3.63, 3.8) is 0 Å². The number of hydrogen-bond donors (Lipinski definition) is 1. The summed E-state index contributed by atoms with van der Waals surface area (Å²) >= 11 is 6.08. The van der Waals surface area contributed by atoms with Crippen molar-refractivity contribution < 1.29 is 22.7 Å². The van der Waals surface area contributed by atoms with Crippen LogP contribution in [0.2, 0.25) is 5.02 Å². The van der Waals surface area contributed by atoms with Crippen molar-refractivity contribution in [1.29, 1.82) is 0 Å². The van der Waals surface area contributed by atoms with Gasteiger partial charge in [-0.15, -0.1) is 0 Å². The highest BCUT2D eigenvalue weighted by atomic mass is 35.5. The smallest absolute Gasteiger partial charge is 0.255 e. The Labute approximate surface area is 198 Å². The number of hydrogen-bond acceptors (Lipinski definition) is 5. The number of amides is 1. The number of rotatable bonds is 10. The first-order valence-corrected chi connectivity index (χ1v) is 12.0. The molecule has 1 N–H and O–H groups in total. The van der Waals surface area contributed by atoms with Crippen molar-refractivity contribution in [2.45, 2.75) is 11.5 Å². The summed E-state index contributed by atoms with van der Waals surface area (Å²) in [5.41, 5.74) is 1.31. The zero-order valence-corrected chi connectivity index (χ0v) is 19.9. The highest BCUT2D eigenvalue weighted by Crippen LogP contribution is 2.24. The van der Waals surface area contributed by atoms with Gasteiger partial charge in [-0.2, -0.15) is 0 Å². The summed E-state index contributed by atoms with van der Waals surface area (Å²) in [5, 5.41) is 3.21. The van der Waals surface area contributed by atoms with Crippen LogP contribution in [0, 0.1) is 0 Å². The third-order valence-electron chi connectivity index (χ3n) is 4.68. The van der Waals surface area contributed by atoms with E-state index < -0.39 is 10.0 Å². The average Bonchev–Trinajstić information content (AvgIpc) is 2.81. The Morgan fingerprint density at radius 2 is 1.67 bits per heavy atom. The number of carbonyl (C=O) groups is 1.